The number of aryl methyl sites for hydroxylation is 1. The molecular formula is C19H18N2O3. The highest BCUT2D eigenvalue weighted by Gasteiger charge is 2.20. The normalized spacial score (nSPS) is 16.6. The summed E-state index contributed by atoms with van der Waals surface area (Å²) in [7, 11) is 0. The van der Waals surface area contributed by atoms with Crippen molar-refractivity contribution < 1.29 is 9.72 Å². The minimum absolute atomic E-state index is 0.0374. The van der Waals surface area contributed by atoms with E-state index >= 15 is 0 Å². The largest absolute Gasteiger partial charge is 0.346 e. The first-order valence-corrected chi connectivity index (χ1v) is 7.94. The predicted octanol–water partition coefficient (Wildman–Crippen LogP) is 3.80. The van der Waals surface area contributed by atoms with Crippen LogP contribution in [0.1, 0.15) is 35.6 Å². The lowest BCUT2D eigenvalue weighted by Gasteiger charge is -2.25. The molecule has 0 radical (unpaired) electrons. The van der Waals surface area contributed by atoms with Gasteiger partial charge in [0.05, 0.1) is 11.0 Å². The quantitative estimate of drug-likeness (QED) is 0.528. The molecule has 0 heterocycles. The van der Waals surface area contributed by atoms with Gasteiger partial charge in [-0.05, 0) is 54.2 Å². The van der Waals surface area contributed by atoms with Gasteiger partial charge >= 0.3 is 0 Å². The van der Waals surface area contributed by atoms with Gasteiger partial charge in [-0.2, -0.15) is 0 Å². The van der Waals surface area contributed by atoms with E-state index in [1.54, 1.807) is 18.2 Å². The number of hydrogen-bond donors (Lipinski definition) is 1. The van der Waals surface area contributed by atoms with Crippen LogP contribution in [0.2, 0.25) is 0 Å². The molecule has 1 aliphatic rings. The number of amides is 1. The Morgan fingerprint density at radius 1 is 1.17 bits per heavy atom. The monoisotopic (exact) mass is 322 g/mol. The van der Waals surface area contributed by atoms with Crippen molar-refractivity contribution in [2.24, 2.45) is 0 Å². The molecule has 0 aromatic heterocycles. The molecule has 2 aromatic carbocycles. The molecule has 0 saturated carbocycles. The zero-order valence-corrected chi connectivity index (χ0v) is 13.1. The molecule has 24 heavy (non-hydrogen) atoms. The molecule has 3 rings (SSSR count). The van der Waals surface area contributed by atoms with Gasteiger partial charge in [-0.1, -0.05) is 24.3 Å². The van der Waals surface area contributed by atoms with Gasteiger partial charge in [0.25, 0.3) is 5.69 Å². The fourth-order valence-electron chi connectivity index (χ4n) is 3.00. The summed E-state index contributed by atoms with van der Waals surface area (Å²) in [6, 6.07) is 14.3. The molecule has 122 valence electrons. The van der Waals surface area contributed by atoms with Crippen LogP contribution in [0.5, 0.6) is 0 Å². The maximum atomic E-state index is 12.2. The summed E-state index contributed by atoms with van der Waals surface area (Å²) in [6.45, 7) is 0. The molecule has 1 unspecified atom stereocenters. The van der Waals surface area contributed by atoms with E-state index < -0.39 is 4.92 Å². The van der Waals surface area contributed by atoms with Crippen LogP contribution in [0, 0.1) is 10.1 Å². The third-order valence-corrected chi connectivity index (χ3v) is 4.22. The van der Waals surface area contributed by atoms with E-state index in [-0.39, 0.29) is 17.6 Å². The molecule has 1 amide bonds. The standard InChI is InChI=1S/C19H18N2O3/c22-19(13-10-14-8-11-16(12-9-14)21(23)24)20-18-7-3-5-15-4-1-2-6-17(15)18/h1-2,4,6,8-13,18H,3,5,7H2,(H,20,22)/b13-10+. The molecule has 1 aliphatic carbocycles. The Morgan fingerprint density at radius 2 is 1.92 bits per heavy atom. The van der Waals surface area contributed by atoms with Crippen molar-refractivity contribution >= 4 is 17.7 Å². The molecule has 1 N–H and O–H groups in total. The van der Waals surface area contributed by atoms with E-state index in [1.807, 2.05) is 12.1 Å². The van der Waals surface area contributed by atoms with Crippen molar-refractivity contribution in [1.82, 2.24) is 5.32 Å². The minimum atomic E-state index is -0.444. The van der Waals surface area contributed by atoms with E-state index in [0.717, 1.165) is 24.8 Å². The molecule has 0 saturated heterocycles. The Balaban J connectivity index is 1.65. The first-order chi connectivity index (χ1) is 11.6. The molecule has 5 nitrogen and oxygen atoms in total. The molecule has 0 fully saturated rings. The second-order valence-corrected chi connectivity index (χ2v) is 5.83. The lowest BCUT2D eigenvalue weighted by molar-refractivity contribution is -0.384. The zero-order chi connectivity index (χ0) is 16.9. The van der Waals surface area contributed by atoms with Crippen LogP contribution in [-0.2, 0) is 11.2 Å². The number of nitrogens with zero attached hydrogens (tertiary/aromatic N) is 1. The van der Waals surface area contributed by atoms with Crippen LogP contribution < -0.4 is 5.32 Å². The number of benzene rings is 2. The Hall–Kier alpha value is -2.95. The lowest BCUT2D eigenvalue weighted by Crippen LogP contribution is -2.29. The number of nitro benzene ring substituents is 1. The van der Waals surface area contributed by atoms with Crippen LogP contribution in [0.25, 0.3) is 6.08 Å². The lowest BCUT2D eigenvalue weighted by atomic mass is 9.88. The SMILES string of the molecule is O=C(/C=C/c1ccc([N+](=O)[O-])cc1)NC1CCCc2ccccc21. The molecule has 0 spiro atoms. The number of carbonyl (C=O) groups is 1. The van der Waals surface area contributed by atoms with Gasteiger partial charge in [0, 0.05) is 18.2 Å². The van der Waals surface area contributed by atoms with Gasteiger partial charge < -0.3 is 5.32 Å². The highest BCUT2D eigenvalue weighted by molar-refractivity contribution is 5.92. The maximum Gasteiger partial charge on any atom is 0.269 e. The summed E-state index contributed by atoms with van der Waals surface area (Å²) in [6.07, 6.45) is 6.19. The molecule has 0 bridgehead atoms. The third kappa shape index (κ3) is 3.68. The molecule has 1 atom stereocenters. The smallest absolute Gasteiger partial charge is 0.269 e. The second kappa shape index (κ2) is 7.08. The first-order valence-electron chi connectivity index (χ1n) is 7.94. The van der Waals surface area contributed by atoms with Crippen molar-refractivity contribution in [3.8, 4) is 0 Å². The number of nitro groups is 1. The number of carbonyl (C=O) groups excluding carboxylic acids is 1. The van der Waals surface area contributed by atoms with Gasteiger partial charge in [-0.3, -0.25) is 14.9 Å². The fourth-order valence-corrected chi connectivity index (χ4v) is 3.00. The molecule has 2 aromatic rings. The van der Waals surface area contributed by atoms with Gasteiger partial charge in [-0.15, -0.1) is 0 Å². The first kappa shape index (κ1) is 15.9. The van der Waals surface area contributed by atoms with Crippen LogP contribution in [0.4, 0.5) is 5.69 Å². The zero-order valence-electron chi connectivity index (χ0n) is 13.1. The summed E-state index contributed by atoms with van der Waals surface area (Å²) >= 11 is 0. The van der Waals surface area contributed by atoms with Gasteiger partial charge in [0.15, 0.2) is 0 Å². The van der Waals surface area contributed by atoms with Crippen molar-refractivity contribution in [3.63, 3.8) is 0 Å². The summed E-state index contributed by atoms with van der Waals surface area (Å²) in [4.78, 5) is 22.3. The Kier molecular flexibility index (Phi) is 4.70. The maximum absolute atomic E-state index is 12.2. The van der Waals surface area contributed by atoms with Crippen LogP contribution in [0.15, 0.2) is 54.6 Å². The van der Waals surface area contributed by atoms with E-state index in [4.69, 9.17) is 0 Å². The van der Waals surface area contributed by atoms with Crippen molar-refractivity contribution in [2.45, 2.75) is 25.3 Å². The van der Waals surface area contributed by atoms with Gasteiger partial charge in [0.1, 0.15) is 0 Å². The number of rotatable bonds is 4. The number of hydrogen-bond acceptors (Lipinski definition) is 3. The predicted molar refractivity (Wildman–Crippen MR) is 92.4 cm³/mol. The second-order valence-electron chi connectivity index (χ2n) is 5.83. The van der Waals surface area contributed by atoms with Crippen LogP contribution in [0.3, 0.4) is 0 Å². The van der Waals surface area contributed by atoms with Crippen LogP contribution >= 0.6 is 0 Å². The minimum Gasteiger partial charge on any atom is -0.346 e. The third-order valence-electron chi connectivity index (χ3n) is 4.22. The van der Waals surface area contributed by atoms with E-state index in [9.17, 15) is 14.9 Å². The molecular weight excluding hydrogens is 304 g/mol. The summed E-state index contributed by atoms with van der Waals surface area (Å²) in [5.74, 6) is -0.157. The topological polar surface area (TPSA) is 72.2 Å². The van der Waals surface area contributed by atoms with Gasteiger partial charge in [0.2, 0.25) is 5.91 Å². The van der Waals surface area contributed by atoms with E-state index in [1.165, 1.54) is 29.3 Å². The molecule has 5 heteroatoms. The van der Waals surface area contributed by atoms with Crippen molar-refractivity contribution in [3.05, 3.63) is 81.4 Å². The van der Waals surface area contributed by atoms with Gasteiger partial charge in [-0.25, -0.2) is 0 Å². The summed E-state index contributed by atoms with van der Waals surface area (Å²) in [5, 5.41) is 13.7. The summed E-state index contributed by atoms with van der Waals surface area (Å²) in [5.41, 5.74) is 3.28. The fraction of sp³-hybridized carbons (Fsp3) is 0.211. The Bertz CT molecular complexity index is 781. The van der Waals surface area contributed by atoms with E-state index in [2.05, 4.69) is 17.4 Å². The van der Waals surface area contributed by atoms with Crippen molar-refractivity contribution in [1.29, 1.82) is 0 Å². The average Bonchev–Trinajstić information content (AvgIpc) is 2.61. The van der Waals surface area contributed by atoms with Crippen LogP contribution in [-0.4, -0.2) is 10.8 Å². The average molecular weight is 322 g/mol. The molecule has 0 aliphatic heterocycles. The number of non-ortho nitro benzene ring substituents is 1. The number of fused-ring (bicyclic) bond motifs is 1. The van der Waals surface area contributed by atoms with Crippen molar-refractivity contribution in [2.75, 3.05) is 0 Å². The Labute approximate surface area is 140 Å². The van der Waals surface area contributed by atoms with E-state index in [0.29, 0.717) is 0 Å². The highest BCUT2D eigenvalue weighted by atomic mass is 16.6. The Morgan fingerprint density at radius 3 is 2.67 bits per heavy atom. The number of nitrogens with one attached hydrogen (secondary N) is 1. The summed E-state index contributed by atoms with van der Waals surface area (Å²) < 4.78 is 0. The highest BCUT2D eigenvalue weighted by Crippen LogP contribution is 2.29.